The number of hydrogen-bond donors (Lipinski definition) is 0. The van der Waals surface area contributed by atoms with Gasteiger partial charge in [-0.15, -0.1) is 0 Å². The Hall–Kier alpha value is -2.87. The maximum absolute atomic E-state index is 11.4. The van der Waals surface area contributed by atoms with Crippen molar-refractivity contribution in [3.05, 3.63) is 77.3 Å². The van der Waals surface area contributed by atoms with Crippen molar-refractivity contribution in [1.29, 1.82) is 0 Å². The molecule has 3 rings (SSSR count). The molecule has 0 N–H and O–H groups in total. The van der Waals surface area contributed by atoms with Gasteiger partial charge in [0.05, 0.1) is 19.8 Å². The van der Waals surface area contributed by atoms with Crippen LogP contribution in [0.2, 0.25) is 0 Å². The summed E-state index contributed by atoms with van der Waals surface area (Å²) in [6.45, 7) is 7.70. The normalized spacial score (nSPS) is 15.4. The number of benzene rings is 1. The quantitative estimate of drug-likeness (QED) is 0.449. The van der Waals surface area contributed by atoms with Crippen molar-refractivity contribution in [3.63, 3.8) is 0 Å². The minimum Gasteiger partial charge on any atom is -0.451 e. The van der Waals surface area contributed by atoms with Gasteiger partial charge in [0.2, 0.25) is 0 Å². The minimum absolute atomic E-state index is 0.0303. The second kappa shape index (κ2) is 9.89. The molecule has 4 heteroatoms. The summed E-state index contributed by atoms with van der Waals surface area (Å²) in [5.74, 6) is 7.84. The molecule has 1 aliphatic rings. The highest BCUT2D eigenvalue weighted by atomic mass is 16.5. The maximum Gasteiger partial charge on any atom is 0.177 e. The summed E-state index contributed by atoms with van der Waals surface area (Å²) >= 11 is 0. The zero-order valence-electron chi connectivity index (χ0n) is 16.4. The van der Waals surface area contributed by atoms with Gasteiger partial charge in [-0.2, -0.15) is 0 Å². The molecule has 1 aromatic carbocycles. The van der Waals surface area contributed by atoms with Crippen molar-refractivity contribution < 1.29 is 13.9 Å². The third-order valence-electron chi connectivity index (χ3n) is 4.40. The zero-order valence-corrected chi connectivity index (χ0v) is 16.4. The van der Waals surface area contributed by atoms with Gasteiger partial charge in [-0.25, -0.2) is 0 Å². The van der Waals surface area contributed by atoms with E-state index in [0.717, 1.165) is 55.3 Å². The van der Waals surface area contributed by atoms with Crippen molar-refractivity contribution in [2.45, 2.75) is 20.4 Å². The molecule has 0 aliphatic carbocycles. The molecule has 1 aromatic heterocycles. The number of ether oxygens (including phenoxy) is 1. The largest absolute Gasteiger partial charge is 0.451 e. The number of carbonyl (C=O) groups is 1. The van der Waals surface area contributed by atoms with Crippen LogP contribution < -0.4 is 0 Å². The molecule has 2 heterocycles. The molecule has 0 amide bonds. The molecule has 0 radical (unpaired) electrons. The second-order valence-corrected chi connectivity index (χ2v) is 6.69. The minimum atomic E-state index is 0.0303. The number of furan rings is 1. The summed E-state index contributed by atoms with van der Waals surface area (Å²) < 4.78 is 11.2. The van der Waals surface area contributed by atoms with E-state index in [0.29, 0.717) is 5.76 Å². The van der Waals surface area contributed by atoms with E-state index in [1.54, 1.807) is 13.0 Å². The summed E-state index contributed by atoms with van der Waals surface area (Å²) in [6, 6.07) is 11.8. The Bertz CT molecular complexity index is 917. The van der Waals surface area contributed by atoms with Gasteiger partial charge in [-0.05, 0) is 61.2 Å². The van der Waals surface area contributed by atoms with Gasteiger partial charge in [0.1, 0.15) is 5.76 Å². The molecule has 2 aromatic rings. The van der Waals surface area contributed by atoms with E-state index in [-0.39, 0.29) is 5.78 Å². The van der Waals surface area contributed by atoms with Crippen LogP contribution >= 0.6 is 0 Å². The molecule has 28 heavy (non-hydrogen) atoms. The molecule has 4 nitrogen and oxygen atoms in total. The predicted octanol–water partition coefficient (Wildman–Crippen LogP) is 4.06. The SMILES string of the molecule is C/C=C\C(=C/C(C)=O)c1ccc(C#Cc2ccc(CN3CCOCC3)o2)cc1. The van der Waals surface area contributed by atoms with Gasteiger partial charge in [0.15, 0.2) is 11.5 Å². The van der Waals surface area contributed by atoms with E-state index >= 15 is 0 Å². The number of allylic oxidation sites excluding steroid dienone is 4. The lowest BCUT2D eigenvalue weighted by atomic mass is 10.0. The molecule has 1 saturated heterocycles. The number of rotatable bonds is 5. The predicted molar refractivity (Wildman–Crippen MR) is 111 cm³/mol. The van der Waals surface area contributed by atoms with E-state index in [9.17, 15) is 4.79 Å². The van der Waals surface area contributed by atoms with Crippen molar-refractivity contribution in [1.82, 2.24) is 4.90 Å². The average molecular weight is 375 g/mol. The van der Waals surface area contributed by atoms with Gasteiger partial charge < -0.3 is 9.15 Å². The first-order chi connectivity index (χ1) is 13.6. The Labute approximate surface area is 166 Å². The van der Waals surface area contributed by atoms with Gasteiger partial charge >= 0.3 is 0 Å². The van der Waals surface area contributed by atoms with Crippen LogP contribution in [0.25, 0.3) is 5.57 Å². The molecule has 1 aliphatic heterocycles. The Morgan fingerprint density at radius 2 is 1.86 bits per heavy atom. The summed E-state index contributed by atoms with van der Waals surface area (Å²) in [4.78, 5) is 13.7. The topological polar surface area (TPSA) is 42.7 Å². The molecule has 0 atom stereocenters. The van der Waals surface area contributed by atoms with Crippen LogP contribution in [0.3, 0.4) is 0 Å². The summed E-state index contributed by atoms with van der Waals surface area (Å²) in [5, 5.41) is 0. The first kappa shape index (κ1) is 19.9. The summed E-state index contributed by atoms with van der Waals surface area (Å²) in [5.41, 5.74) is 2.79. The van der Waals surface area contributed by atoms with Crippen molar-refractivity contribution in [3.8, 4) is 11.8 Å². The highest BCUT2D eigenvalue weighted by molar-refractivity contribution is 5.97. The smallest absolute Gasteiger partial charge is 0.177 e. The monoisotopic (exact) mass is 375 g/mol. The molecule has 144 valence electrons. The number of ketones is 1. The Morgan fingerprint density at radius 3 is 2.54 bits per heavy atom. The summed E-state index contributed by atoms with van der Waals surface area (Å²) in [7, 11) is 0. The molecule has 0 saturated carbocycles. The third kappa shape index (κ3) is 5.82. The van der Waals surface area contributed by atoms with E-state index in [1.165, 1.54) is 0 Å². The lowest BCUT2D eigenvalue weighted by Gasteiger charge is -2.25. The van der Waals surface area contributed by atoms with Crippen LogP contribution in [-0.4, -0.2) is 37.0 Å². The van der Waals surface area contributed by atoms with Gasteiger partial charge in [0.25, 0.3) is 0 Å². The van der Waals surface area contributed by atoms with E-state index in [4.69, 9.17) is 9.15 Å². The Morgan fingerprint density at radius 1 is 1.11 bits per heavy atom. The summed E-state index contributed by atoms with van der Waals surface area (Å²) in [6.07, 6.45) is 5.49. The molecular weight excluding hydrogens is 350 g/mol. The lowest BCUT2D eigenvalue weighted by Crippen LogP contribution is -2.35. The van der Waals surface area contributed by atoms with Crippen LogP contribution in [0.4, 0.5) is 0 Å². The van der Waals surface area contributed by atoms with Crippen LogP contribution in [0.5, 0.6) is 0 Å². The average Bonchev–Trinajstić information content (AvgIpc) is 3.14. The lowest BCUT2D eigenvalue weighted by molar-refractivity contribution is -0.112. The first-order valence-electron chi connectivity index (χ1n) is 9.50. The van der Waals surface area contributed by atoms with Crippen LogP contribution in [0, 0.1) is 11.8 Å². The number of nitrogens with zero attached hydrogens (tertiary/aromatic N) is 1. The zero-order chi connectivity index (χ0) is 19.8. The molecule has 0 unspecified atom stereocenters. The van der Waals surface area contributed by atoms with Crippen molar-refractivity contribution in [2.75, 3.05) is 26.3 Å². The third-order valence-corrected chi connectivity index (χ3v) is 4.40. The van der Waals surface area contributed by atoms with E-state index in [2.05, 4.69) is 16.7 Å². The van der Waals surface area contributed by atoms with Gasteiger partial charge in [-0.1, -0.05) is 30.2 Å². The van der Waals surface area contributed by atoms with E-state index < -0.39 is 0 Å². The Kier molecular flexibility index (Phi) is 7.02. The van der Waals surface area contributed by atoms with Gasteiger partial charge in [0, 0.05) is 18.7 Å². The van der Waals surface area contributed by atoms with Crippen LogP contribution in [-0.2, 0) is 16.1 Å². The van der Waals surface area contributed by atoms with E-state index in [1.807, 2.05) is 55.5 Å². The number of carbonyl (C=O) groups excluding carboxylic acids is 1. The highest BCUT2D eigenvalue weighted by Gasteiger charge is 2.12. The van der Waals surface area contributed by atoms with Crippen LogP contribution in [0.1, 0.15) is 36.5 Å². The molecule has 1 fully saturated rings. The molecular formula is C24H25NO3. The molecule has 0 bridgehead atoms. The highest BCUT2D eigenvalue weighted by Crippen LogP contribution is 2.17. The van der Waals surface area contributed by atoms with Gasteiger partial charge in [-0.3, -0.25) is 9.69 Å². The molecule has 0 spiro atoms. The van der Waals surface area contributed by atoms with Crippen molar-refractivity contribution in [2.24, 2.45) is 0 Å². The number of hydrogen-bond acceptors (Lipinski definition) is 4. The maximum atomic E-state index is 11.4. The Balaban J connectivity index is 1.66. The van der Waals surface area contributed by atoms with Crippen molar-refractivity contribution >= 4 is 11.4 Å². The number of morpholine rings is 1. The fourth-order valence-electron chi connectivity index (χ4n) is 3.02. The fraction of sp³-hybridized carbons (Fsp3) is 0.292. The second-order valence-electron chi connectivity index (χ2n) is 6.69. The standard InChI is InChI=1S/C24H25NO3/c1-3-4-22(17-19(2)26)21-8-5-20(6-9-21)7-10-23-11-12-24(28-23)18-25-13-15-27-16-14-25/h3-6,8-9,11-12,17H,13-16,18H2,1-2H3/b4-3-,22-17+. The van der Waals surface area contributed by atoms with Crippen LogP contribution in [0.15, 0.2) is 59.0 Å². The first-order valence-corrected chi connectivity index (χ1v) is 9.50. The fourth-order valence-corrected chi connectivity index (χ4v) is 3.02.